The lowest BCUT2D eigenvalue weighted by Gasteiger charge is -1.99. The van der Waals surface area contributed by atoms with Gasteiger partial charge in [0.05, 0.1) is 11.8 Å². The molecule has 0 atom stereocenters. The Labute approximate surface area is 117 Å². The van der Waals surface area contributed by atoms with E-state index in [0.29, 0.717) is 5.56 Å². The highest BCUT2D eigenvalue weighted by Crippen LogP contribution is 2.03. The number of amides is 1. The molecule has 0 unspecified atom stereocenters. The van der Waals surface area contributed by atoms with Crippen LogP contribution in [-0.2, 0) is 0 Å². The van der Waals surface area contributed by atoms with Crippen molar-refractivity contribution in [1.29, 1.82) is 0 Å². The Hall–Kier alpha value is -2.81. The Morgan fingerprint density at radius 1 is 1.50 bits per heavy atom. The molecule has 2 rings (SSSR count). The molecule has 0 bridgehead atoms. The largest absolute Gasteiger partial charge is 0.494 e. The van der Waals surface area contributed by atoms with Crippen LogP contribution in [0.5, 0.6) is 5.88 Å². The molecule has 2 aromatic heterocycles. The van der Waals surface area contributed by atoms with Crippen molar-refractivity contribution in [3.63, 3.8) is 0 Å². The molecule has 2 heterocycles. The van der Waals surface area contributed by atoms with E-state index in [0.717, 1.165) is 6.21 Å². The molecule has 0 spiro atoms. The summed E-state index contributed by atoms with van der Waals surface area (Å²) in [6.45, 7) is 0. The SMILES string of the molecule is O=C(NN=Cc1c(O)[nH]c(=S)[nH]c1=O)c1cccnc1. The lowest BCUT2D eigenvalue weighted by Crippen LogP contribution is -2.19. The van der Waals surface area contributed by atoms with Gasteiger partial charge in [-0.15, -0.1) is 0 Å². The molecular weight excluding hydrogens is 282 g/mol. The van der Waals surface area contributed by atoms with Crippen LogP contribution >= 0.6 is 12.2 Å². The number of aromatic amines is 2. The molecule has 1 amide bonds. The summed E-state index contributed by atoms with van der Waals surface area (Å²) in [5.41, 5.74) is 1.75. The maximum absolute atomic E-state index is 11.6. The summed E-state index contributed by atoms with van der Waals surface area (Å²) < 4.78 is -0.0101. The van der Waals surface area contributed by atoms with Gasteiger partial charge in [-0.2, -0.15) is 5.10 Å². The van der Waals surface area contributed by atoms with E-state index in [4.69, 9.17) is 0 Å². The molecule has 0 fully saturated rings. The molecule has 8 nitrogen and oxygen atoms in total. The number of carbonyl (C=O) groups is 1. The summed E-state index contributed by atoms with van der Waals surface area (Å²) >= 11 is 4.67. The molecule has 0 saturated heterocycles. The molecule has 4 N–H and O–H groups in total. The fraction of sp³-hybridized carbons (Fsp3) is 0. The first-order valence-electron chi connectivity index (χ1n) is 5.37. The number of aromatic nitrogens is 3. The third kappa shape index (κ3) is 3.14. The van der Waals surface area contributed by atoms with E-state index in [1.54, 1.807) is 12.1 Å². The molecular formula is C11H9N5O3S. The van der Waals surface area contributed by atoms with Crippen LogP contribution in [-0.4, -0.2) is 32.2 Å². The highest BCUT2D eigenvalue weighted by Gasteiger charge is 2.06. The van der Waals surface area contributed by atoms with Gasteiger partial charge in [0.2, 0.25) is 5.88 Å². The van der Waals surface area contributed by atoms with Crippen LogP contribution in [0.3, 0.4) is 0 Å². The Kier molecular flexibility index (Phi) is 4.01. The van der Waals surface area contributed by atoms with Crippen LogP contribution in [0.4, 0.5) is 0 Å². The van der Waals surface area contributed by atoms with Gasteiger partial charge in [-0.05, 0) is 24.4 Å². The smallest absolute Gasteiger partial charge is 0.272 e. The second kappa shape index (κ2) is 5.89. The quantitative estimate of drug-likeness (QED) is 0.368. The summed E-state index contributed by atoms with van der Waals surface area (Å²) in [5, 5.41) is 13.1. The first kappa shape index (κ1) is 13.6. The molecule has 9 heteroatoms. The maximum Gasteiger partial charge on any atom is 0.272 e. The van der Waals surface area contributed by atoms with Crippen LogP contribution in [0, 0.1) is 4.77 Å². The van der Waals surface area contributed by atoms with Gasteiger partial charge < -0.3 is 10.1 Å². The van der Waals surface area contributed by atoms with Crippen molar-refractivity contribution in [1.82, 2.24) is 20.4 Å². The van der Waals surface area contributed by atoms with Crippen LogP contribution in [0.2, 0.25) is 0 Å². The molecule has 0 aliphatic rings. The first-order valence-corrected chi connectivity index (χ1v) is 5.78. The number of hydrazone groups is 1. The topological polar surface area (TPSA) is 123 Å². The second-order valence-corrected chi connectivity index (χ2v) is 4.02. The van der Waals surface area contributed by atoms with E-state index in [2.05, 4.69) is 37.7 Å². The molecule has 0 aromatic carbocycles. The zero-order chi connectivity index (χ0) is 14.5. The number of nitrogens with one attached hydrogen (secondary N) is 3. The summed E-state index contributed by atoms with van der Waals surface area (Å²) in [5.74, 6) is -0.924. The van der Waals surface area contributed by atoms with Crippen molar-refractivity contribution in [2.45, 2.75) is 0 Å². The minimum Gasteiger partial charge on any atom is -0.494 e. The predicted octanol–water partition coefficient (Wildman–Crippen LogP) is 0.297. The highest BCUT2D eigenvalue weighted by molar-refractivity contribution is 7.71. The molecule has 20 heavy (non-hydrogen) atoms. The zero-order valence-corrected chi connectivity index (χ0v) is 10.8. The lowest BCUT2D eigenvalue weighted by molar-refractivity contribution is 0.0954. The third-order valence-corrected chi connectivity index (χ3v) is 2.45. The van der Waals surface area contributed by atoms with Crippen molar-refractivity contribution in [2.24, 2.45) is 5.10 Å². The van der Waals surface area contributed by atoms with Gasteiger partial charge in [0.1, 0.15) is 5.56 Å². The minimum atomic E-state index is -0.620. The minimum absolute atomic E-state index is 0.0101. The number of rotatable bonds is 3. The normalized spacial score (nSPS) is 10.6. The van der Waals surface area contributed by atoms with Crippen LogP contribution in [0.15, 0.2) is 34.4 Å². The number of carbonyl (C=O) groups excluding carboxylic acids is 1. The second-order valence-electron chi connectivity index (χ2n) is 3.61. The van der Waals surface area contributed by atoms with E-state index in [1.165, 1.54) is 12.4 Å². The van der Waals surface area contributed by atoms with E-state index >= 15 is 0 Å². The van der Waals surface area contributed by atoms with Gasteiger partial charge in [0.15, 0.2) is 4.77 Å². The van der Waals surface area contributed by atoms with Gasteiger partial charge >= 0.3 is 0 Å². The number of hydrogen-bond acceptors (Lipinski definition) is 6. The van der Waals surface area contributed by atoms with Gasteiger partial charge in [-0.1, -0.05) is 0 Å². The summed E-state index contributed by atoms with van der Waals surface area (Å²) in [6.07, 6.45) is 3.91. The molecule has 102 valence electrons. The first-order chi connectivity index (χ1) is 9.58. The Balaban J connectivity index is 2.14. The van der Waals surface area contributed by atoms with Crippen molar-refractivity contribution in [3.8, 4) is 5.88 Å². The zero-order valence-electron chi connectivity index (χ0n) is 9.95. The van der Waals surface area contributed by atoms with Gasteiger partial charge in [-0.3, -0.25) is 19.6 Å². The fourth-order valence-electron chi connectivity index (χ4n) is 1.32. The van der Waals surface area contributed by atoms with E-state index in [-0.39, 0.29) is 10.3 Å². The maximum atomic E-state index is 11.6. The fourth-order valence-corrected chi connectivity index (χ4v) is 1.51. The highest BCUT2D eigenvalue weighted by atomic mass is 32.1. The monoisotopic (exact) mass is 291 g/mol. The van der Waals surface area contributed by atoms with Gasteiger partial charge in [0, 0.05) is 12.4 Å². The predicted molar refractivity (Wildman–Crippen MR) is 73.2 cm³/mol. The number of aromatic hydroxyl groups is 1. The number of H-pyrrole nitrogens is 2. The van der Waals surface area contributed by atoms with Crippen LogP contribution in [0.1, 0.15) is 15.9 Å². The van der Waals surface area contributed by atoms with Crippen molar-refractivity contribution < 1.29 is 9.90 Å². The average Bonchev–Trinajstić information content (AvgIpc) is 2.42. The van der Waals surface area contributed by atoms with Crippen LogP contribution < -0.4 is 11.0 Å². The average molecular weight is 291 g/mol. The Morgan fingerprint density at radius 3 is 2.95 bits per heavy atom. The van der Waals surface area contributed by atoms with Crippen molar-refractivity contribution in [3.05, 3.63) is 50.8 Å². The molecule has 0 aliphatic carbocycles. The van der Waals surface area contributed by atoms with Gasteiger partial charge in [-0.25, -0.2) is 5.43 Å². The molecule has 0 saturated carbocycles. The third-order valence-electron chi connectivity index (χ3n) is 2.24. The van der Waals surface area contributed by atoms with Crippen LogP contribution in [0.25, 0.3) is 0 Å². The number of hydrogen-bond donors (Lipinski definition) is 4. The van der Waals surface area contributed by atoms with Crippen molar-refractivity contribution >= 4 is 24.3 Å². The summed E-state index contributed by atoms with van der Waals surface area (Å²) in [7, 11) is 0. The van der Waals surface area contributed by atoms with E-state index < -0.39 is 17.3 Å². The molecule has 0 aliphatic heterocycles. The standard InChI is InChI=1S/C11H9N5O3S/c17-8(6-2-1-3-12-4-6)16-13-5-7-9(18)14-11(20)15-10(7)19/h1-5H,(H,16,17)(H3,14,15,18,19,20). The number of nitrogens with zero attached hydrogens (tertiary/aromatic N) is 2. The molecule has 0 radical (unpaired) electrons. The summed E-state index contributed by atoms with van der Waals surface area (Å²) in [4.78, 5) is 31.5. The number of pyridine rings is 1. The van der Waals surface area contributed by atoms with E-state index in [9.17, 15) is 14.7 Å². The Bertz CT molecular complexity index is 766. The van der Waals surface area contributed by atoms with Gasteiger partial charge in [0.25, 0.3) is 11.5 Å². The Morgan fingerprint density at radius 2 is 2.30 bits per heavy atom. The lowest BCUT2D eigenvalue weighted by atomic mass is 10.3. The van der Waals surface area contributed by atoms with E-state index in [1.807, 2.05) is 0 Å². The molecule has 2 aromatic rings. The summed E-state index contributed by atoms with van der Waals surface area (Å²) in [6, 6.07) is 3.16. The van der Waals surface area contributed by atoms with Crippen molar-refractivity contribution in [2.75, 3.05) is 0 Å².